The third-order valence-electron chi connectivity index (χ3n) is 6.18. The van der Waals surface area contributed by atoms with Crippen molar-refractivity contribution in [1.82, 2.24) is 15.1 Å². The lowest BCUT2D eigenvalue weighted by Crippen LogP contribution is -2.57. The number of rotatable bonds is 7. The van der Waals surface area contributed by atoms with Crippen molar-refractivity contribution >= 4 is 21.7 Å². The second kappa shape index (κ2) is 10.1. The summed E-state index contributed by atoms with van der Waals surface area (Å²) >= 11 is 0. The van der Waals surface area contributed by atoms with Crippen molar-refractivity contribution in [3.8, 4) is 11.5 Å². The van der Waals surface area contributed by atoms with Gasteiger partial charge in [-0.2, -0.15) is 0 Å². The molecule has 178 valence electrons. The Morgan fingerprint density at radius 1 is 1.03 bits per heavy atom. The highest BCUT2D eigenvalue weighted by Crippen LogP contribution is 2.23. The molecule has 1 aromatic carbocycles. The fourth-order valence-electron chi connectivity index (χ4n) is 4.24. The third kappa shape index (κ3) is 5.72. The molecular weight excluding hydrogens is 434 g/mol. The van der Waals surface area contributed by atoms with Crippen molar-refractivity contribution in [2.45, 2.75) is 32.4 Å². The Labute approximate surface area is 190 Å². The van der Waals surface area contributed by atoms with Gasteiger partial charge in [-0.3, -0.25) is 14.5 Å². The van der Waals surface area contributed by atoms with Crippen molar-refractivity contribution in [1.29, 1.82) is 0 Å². The number of benzene rings is 1. The second-order valence-corrected chi connectivity index (χ2v) is 10.9. The third-order valence-corrected chi connectivity index (χ3v) is 7.93. The molecule has 1 aromatic rings. The summed E-state index contributed by atoms with van der Waals surface area (Å²) < 4.78 is 34.0. The van der Waals surface area contributed by atoms with Crippen LogP contribution in [-0.2, 0) is 14.6 Å². The van der Waals surface area contributed by atoms with E-state index < -0.39 is 15.9 Å². The molecule has 9 nitrogen and oxygen atoms in total. The zero-order chi connectivity index (χ0) is 23.5. The summed E-state index contributed by atoms with van der Waals surface area (Å²) in [6.07, 6.45) is 0.658. The number of nitrogens with zero attached hydrogens (tertiary/aromatic N) is 2. The van der Waals surface area contributed by atoms with Crippen LogP contribution in [0.2, 0.25) is 0 Å². The largest absolute Gasteiger partial charge is 0.497 e. The predicted molar refractivity (Wildman–Crippen MR) is 121 cm³/mol. The highest BCUT2D eigenvalue weighted by Gasteiger charge is 2.36. The molecule has 2 amide bonds. The Hall–Kier alpha value is -2.33. The topological polar surface area (TPSA) is 105 Å². The SMILES string of the molecule is COc1cc(OC)cc(C(=O)N[C@H](C(=O)N2CCN(C3CCS(=O)(=O)C3)CC2)C(C)C)c1. The minimum absolute atomic E-state index is 0.0425. The van der Waals surface area contributed by atoms with Crippen LogP contribution in [0.25, 0.3) is 0 Å². The summed E-state index contributed by atoms with van der Waals surface area (Å²) in [5.74, 6) is 0.838. The molecule has 2 aliphatic rings. The van der Waals surface area contributed by atoms with Crippen LogP contribution in [0.3, 0.4) is 0 Å². The van der Waals surface area contributed by atoms with E-state index in [0.717, 1.165) is 0 Å². The summed E-state index contributed by atoms with van der Waals surface area (Å²) in [4.78, 5) is 30.1. The summed E-state index contributed by atoms with van der Waals surface area (Å²) in [6, 6.07) is 4.26. The number of hydrogen-bond acceptors (Lipinski definition) is 7. The molecule has 1 N–H and O–H groups in total. The number of hydrogen-bond donors (Lipinski definition) is 1. The van der Waals surface area contributed by atoms with Gasteiger partial charge in [0.2, 0.25) is 5.91 Å². The van der Waals surface area contributed by atoms with E-state index in [2.05, 4.69) is 10.2 Å². The fourth-order valence-corrected chi connectivity index (χ4v) is 6.01. The number of carbonyl (C=O) groups excluding carboxylic acids is 2. The lowest BCUT2D eigenvalue weighted by atomic mass is 10.0. The first kappa shape index (κ1) is 24.3. The van der Waals surface area contributed by atoms with E-state index in [1.807, 2.05) is 13.8 Å². The van der Waals surface area contributed by atoms with E-state index in [9.17, 15) is 18.0 Å². The average molecular weight is 468 g/mol. The first-order valence-corrected chi connectivity index (χ1v) is 12.7. The van der Waals surface area contributed by atoms with Gasteiger partial charge in [0.1, 0.15) is 17.5 Å². The van der Waals surface area contributed by atoms with Crippen LogP contribution in [0.4, 0.5) is 0 Å². The highest BCUT2D eigenvalue weighted by atomic mass is 32.2. The molecule has 0 aromatic heterocycles. The van der Waals surface area contributed by atoms with Crippen LogP contribution < -0.4 is 14.8 Å². The number of piperazine rings is 1. The highest BCUT2D eigenvalue weighted by molar-refractivity contribution is 7.91. The molecule has 0 saturated carbocycles. The quantitative estimate of drug-likeness (QED) is 0.632. The van der Waals surface area contributed by atoms with Gasteiger partial charge >= 0.3 is 0 Å². The molecule has 2 saturated heterocycles. The van der Waals surface area contributed by atoms with E-state index in [0.29, 0.717) is 49.7 Å². The van der Waals surface area contributed by atoms with Crippen LogP contribution in [0.5, 0.6) is 11.5 Å². The Morgan fingerprint density at radius 3 is 2.09 bits per heavy atom. The molecule has 2 fully saturated rings. The van der Waals surface area contributed by atoms with Crippen molar-refractivity contribution in [3.05, 3.63) is 23.8 Å². The molecule has 1 unspecified atom stereocenters. The summed E-state index contributed by atoms with van der Waals surface area (Å²) in [7, 11) is 0.0860. The van der Waals surface area contributed by atoms with E-state index in [-0.39, 0.29) is 35.3 Å². The molecule has 2 heterocycles. The van der Waals surface area contributed by atoms with Gasteiger partial charge in [0.15, 0.2) is 9.84 Å². The minimum Gasteiger partial charge on any atom is -0.497 e. The molecule has 0 aliphatic carbocycles. The Kier molecular flexibility index (Phi) is 7.66. The minimum atomic E-state index is -2.94. The van der Waals surface area contributed by atoms with Gasteiger partial charge < -0.3 is 19.7 Å². The molecule has 2 aliphatic heterocycles. The lowest BCUT2D eigenvalue weighted by molar-refractivity contribution is -0.136. The summed E-state index contributed by atoms with van der Waals surface area (Å²) in [5.41, 5.74) is 0.354. The monoisotopic (exact) mass is 467 g/mol. The Morgan fingerprint density at radius 2 is 1.62 bits per heavy atom. The van der Waals surface area contributed by atoms with E-state index in [1.54, 1.807) is 23.1 Å². The van der Waals surface area contributed by atoms with Crippen molar-refractivity contribution in [3.63, 3.8) is 0 Å². The molecule has 10 heteroatoms. The summed E-state index contributed by atoms with van der Waals surface area (Å²) in [5, 5.41) is 2.88. The van der Waals surface area contributed by atoms with Gasteiger partial charge in [-0.05, 0) is 24.5 Å². The maximum atomic E-state index is 13.2. The normalized spacial score (nSPS) is 21.9. The maximum absolute atomic E-state index is 13.2. The van der Waals surface area contributed by atoms with Crippen molar-refractivity contribution < 1.29 is 27.5 Å². The molecular formula is C22H33N3O6S. The van der Waals surface area contributed by atoms with Crippen molar-refractivity contribution in [2.24, 2.45) is 5.92 Å². The van der Waals surface area contributed by atoms with Gasteiger partial charge in [-0.1, -0.05) is 13.8 Å². The maximum Gasteiger partial charge on any atom is 0.252 e. The fraction of sp³-hybridized carbons (Fsp3) is 0.636. The zero-order valence-electron chi connectivity index (χ0n) is 19.2. The van der Waals surface area contributed by atoms with Gasteiger partial charge in [0.25, 0.3) is 5.91 Å². The van der Waals surface area contributed by atoms with Crippen LogP contribution >= 0.6 is 0 Å². The van der Waals surface area contributed by atoms with E-state index in [4.69, 9.17) is 9.47 Å². The van der Waals surface area contributed by atoms with Gasteiger partial charge in [0.05, 0.1) is 25.7 Å². The van der Waals surface area contributed by atoms with Gasteiger partial charge in [0, 0.05) is 43.9 Å². The number of carbonyl (C=O) groups is 2. The van der Waals surface area contributed by atoms with E-state index in [1.165, 1.54) is 14.2 Å². The number of amides is 2. The first-order chi connectivity index (χ1) is 15.1. The van der Waals surface area contributed by atoms with Crippen LogP contribution in [0.15, 0.2) is 18.2 Å². The standard InChI is InChI=1S/C22H33N3O6S/c1-15(2)20(23-21(26)16-11-18(30-3)13-19(12-16)31-4)22(27)25-8-6-24(7-9-25)17-5-10-32(28,29)14-17/h11-13,15,17,20H,5-10,14H2,1-4H3,(H,23,26)/t17?,20-/m0/s1. The van der Waals surface area contributed by atoms with Crippen LogP contribution in [-0.4, -0.2) is 94.0 Å². The number of methoxy groups -OCH3 is 2. The lowest BCUT2D eigenvalue weighted by Gasteiger charge is -2.39. The first-order valence-electron chi connectivity index (χ1n) is 10.9. The molecule has 32 heavy (non-hydrogen) atoms. The number of nitrogens with one attached hydrogen (secondary N) is 1. The number of sulfone groups is 1. The van der Waals surface area contributed by atoms with Crippen LogP contribution in [0, 0.1) is 5.92 Å². The second-order valence-electron chi connectivity index (χ2n) is 8.71. The average Bonchev–Trinajstić information content (AvgIpc) is 3.15. The molecule has 3 rings (SSSR count). The molecule has 2 atom stereocenters. The number of ether oxygens (including phenoxy) is 2. The van der Waals surface area contributed by atoms with Gasteiger partial charge in [-0.15, -0.1) is 0 Å². The predicted octanol–water partition coefficient (Wildman–Crippen LogP) is 0.790. The van der Waals surface area contributed by atoms with E-state index >= 15 is 0 Å². The Balaban J connectivity index is 1.63. The van der Waals surface area contributed by atoms with Crippen molar-refractivity contribution in [2.75, 3.05) is 51.9 Å². The van der Waals surface area contributed by atoms with Gasteiger partial charge in [-0.25, -0.2) is 8.42 Å². The summed E-state index contributed by atoms with van der Waals surface area (Å²) in [6.45, 7) is 6.10. The molecule has 0 spiro atoms. The molecule has 0 bridgehead atoms. The molecule has 0 radical (unpaired) electrons. The smallest absolute Gasteiger partial charge is 0.252 e. The Bertz CT molecular complexity index is 919. The zero-order valence-corrected chi connectivity index (χ0v) is 20.0. The van der Waals surface area contributed by atoms with Crippen LogP contribution in [0.1, 0.15) is 30.6 Å².